The van der Waals surface area contributed by atoms with Crippen LogP contribution >= 0.6 is 0 Å². The largest absolute Gasteiger partial charge is 0.322 e. The number of nitrogens with one attached hydrogen (secondary N) is 1. The summed E-state index contributed by atoms with van der Waals surface area (Å²) in [4.78, 5) is 21.0. The van der Waals surface area contributed by atoms with Gasteiger partial charge in [-0.15, -0.1) is 0 Å². The summed E-state index contributed by atoms with van der Waals surface area (Å²) >= 11 is 0. The Morgan fingerprint density at radius 3 is 2.38 bits per heavy atom. The van der Waals surface area contributed by atoms with E-state index < -0.39 is 0 Å². The molecular weight excluding hydrogens is 329 g/mol. The minimum atomic E-state index is -0.334. The molecule has 4 nitrogen and oxygen atoms in total. The van der Waals surface area contributed by atoms with Crippen LogP contribution in [0.1, 0.15) is 36.7 Å². The van der Waals surface area contributed by atoms with Crippen molar-refractivity contribution in [3.63, 3.8) is 0 Å². The number of hydrogen-bond donors (Lipinski definition) is 1. The van der Waals surface area contributed by atoms with E-state index in [1.165, 1.54) is 6.07 Å². The Labute approximate surface area is 152 Å². The lowest BCUT2D eigenvalue weighted by Gasteiger charge is -2.20. The smallest absolute Gasteiger partial charge is 0.255 e. The van der Waals surface area contributed by atoms with Crippen molar-refractivity contribution >= 4 is 11.6 Å². The van der Waals surface area contributed by atoms with E-state index in [4.69, 9.17) is 0 Å². The molecule has 0 radical (unpaired) electrons. The highest BCUT2D eigenvalue weighted by molar-refractivity contribution is 6.04. The summed E-state index contributed by atoms with van der Waals surface area (Å²) in [5.41, 5.74) is 2.44. The number of halogens is 1. The van der Waals surface area contributed by atoms with E-state index >= 15 is 0 Å². The topological polar surface area (TPSA) is 54.9 Å². The van der Waals surface area contributed by atoms with E-state index in [1.54, 1.807) is 36.7 Å². The monoisotopic (exact) mass is 349 g/mol. The SMILES string of the molecule is CC(C)(C)c1ccc(NC(=O)c2ccnc(-c3ccccn3)c2)cc1F. The van der Waals surface area contributed by atoms with Crippen molar-refractivity contribution in [1.82, 2.24) is 9.97 Å². The summed E-state index contributed by atoms with van der Waals surface area (Å²) in [6.45, 7) is 5.83. The Morgan fingerprint density at radius 2 is 1.73 bits per heavy atom. The van der Waals surface area contributed by atoms with Gasteiger partial charge in [-0.1, -0.05) is 32.9 Å². The van der Waals surface area contributed by atoms with Gasteiger partial charge in [-0.25, -0.2) is 4.39 Å². The Balaban J connectivity index is 1.82. The van der Waals surface area contributed by atoms with E-state index in [0.717, 1.165) is 0 Å². The average molecular weight is 349 g/mol. The first-order valence-corrected chi connectivity index (χ1v) is 8.33. The van der Waals surface area contributed by atoms with Crippen LogP contribution in [-0.4, -0.2) is 15.9 Å². The molecule has 0 aliphatic carbocycles. The first-order chi connectivity index (χ1) is 12.3. The van der Waals surface area contributed by atoms with E-state index in [9.17, 15) is 9.18 Å². The Bertz CT molecular complexity index is 933. The van der Waals surface area contributed by atoms with Crippen molar-refractivity contribution in [1.29, 1.82) is 0 Å². The molecule has 26 heavy (non-hydrogen) atoms. The first-order valence-electron chi connectivity index (χ1n) is 8.33. The molecule has 0 aliphatic heterocycles. The fourth-order valence-electron chi connectivity index (χ4n) is 2.63. The van der Waals surface area contributed by atoms with E-state index in [1.807, 2.05) is 39.0 Å². The molecule has 2 heterocycles. The third kappa shape index (κ3) is 3.94. The molecule has 0 fully saturated rings. The summed E-state index contributed by atoms with van der Waals surface area (Å²) < 4.78 is 14.3. The standard InChI is InChI=1S/C21H20FN3O/c1-21(2,3)16-8-7-15(13-17(16)22)25-20(26)14-9-11-24-19(12-14)18-6-4-5-10-23-18/h4-13H,1-3H3,(H,25,26). The van der Waals surface area contributed by atoms with Crippen LogP contribution in [0.3, 0.4) is 0 Å². The number of aromatic nitrogens is 2. The quantitative estimate of drug-likeness (QED) is 0.737. The predicted molar refractivity (Wildman–Crippen MR) is 101 cm³/mol. The number of carbonyl (C=O) groups excluding carboxylic acids is 1. The van der Waals surface area contributed by atoms with Gasteiger partial charge >= 0.3 is 0 Å². The molecular formula is C21H20FN3O. The fourth-order valence-corrected chi connectivity index (χ4v) is 2.63. The molecule has 0 spiro atoms. The minimum Gasteiger partial charge on any atom is -0.322 e. The zero-order valence-electron chi connectivity index (χ0n) is 15.0. The van der Waals surface area contributed by atoms with Gasteiger partial charge in [0.2, 0.25) is 0 Å². The van der Waals surface area contributed by atoms with Gasteiger partial charge in [0.05, 0.1) is 11.4 Å². The molecule has 5 heteroatoms. The lowest BCUT2D eigenvalue weighted by molar-refractivity contribution is 0.102. The van der Waals surface area contributed by atoms with Gasteiger partial charge in [-0.05, 0) is 47.4 Å². The zero-order chi connectivity index (χ0) is 18.7. The van der Waals surface area contributed by atoms with Crippen LogP contribution in [0.5, 0.6) is 0 Å². The van der Waals surface area contributed by atoms with Crippen LogP contribution in [0.2, 0.25) is 0 Å². The molecule has 3 rings (SSSR count). The zero-order valence-corrected chi connectivity index (χ0v) is 15.0. The van der Waals surface area contributed by atoms with Crippen LogP contribution in [0.4, 0.5) is 10.1 Å². The van der Waals surface area contributed by atoms with Gasteiger partial charge in [-0.3, -0.25) is 14.8 Å². The third-order valence-corrected chi connectivity index (χ3v) is 3.98. The molecule has 132 valence electrons. The van der Waals surface area contributed by atoms with Gasteiger partial charge in [0.15, 0.2) is 0 Å². The fraction of sp³-hybridized carbons (Fsp3) is 0.190. The van der Waals surface area contributed by atoms with Gasteiger partial charge < -0.3 is 5.32 Å². The Morgan fingerprint density at radius 1 is 0.962 bits per heavy atom. The highest BCUT2D eigenvalue weighted by atomic mass is 19.1. The second-order valence-electron chi connectivity index (χ2n) is 7.04. The summed E-state index contributed by atoms with van der Waals surface area (Å²) in [6.07, 6.45) is 3.23. The van der Waals surface area contributed by atoms with Crippen molar-refractivity contribution in [3.05, 3.63) is 77.9 Å². The average Bonchev–Trinajstić information content (AvgIpc) is 2.61. The number of anilines is 1. The number of hydrogen-bond acceptors (Lipinski definition) is 3. The number of pyridine rings is 2. The number of carbonyl (C=O) groups is 1. The summed E-state index contributed by atoms with van der Waals surface area (Å²) in [5.74, 6) is -0.660. The van der Waals surface area contributed by atoms with Crippen molar-refractivity contribution < 1.29 is 9.18 Å². The number of rotatable bonds is 3. The van der Waals surface area contributed by atoms with Crippen molar-refractivity contribution in [2.24, 2.45) is 0 Å². The van der Waals surface area contributed by atoms with Crippen LogP contribution in [0.25, 0.3) is 11.4 Å². The molecule has 0 saturated carbocycles. The summed E-state index contributed by atoms with van der Waals surface area (Å²) in [6, 6.07) is 13.5. The normalized spacial score (nSPS) is 11.2. The van der Waals surface area contributed by atoms with E-state index in [0.29, 0.717) is 28.2 Å². The molecule has 0 bridgehead atoms. The molecule has 1 aromatic carbocycles. The molecule has 2 aromatic heterocycles. The van der Waals surface area contributed by atoms with E-state index in [2.05, 4.69) is 15.3 Å². The maximum Gasteiger partial charge on any atom is 0.255 e. The predicted octanol–water partition coefficient (Wildman–Crippen LogP) is 4.83. The van der Waals surface area contributed by atoms with Crippen LogP contribution in [0.15, 0.2) is 60.9 Å². The second kappa shape index (κ2) is 7.04. The van der Waals surface area contributed by atoms with Gasteiger partial charge in [0.25, 0.3) is 5.91 Å². The number of amides is 1. The van der Waals surface area contributed by atoms with Crippen LogP contribution in [-0.2, 0) is 5.41 Å². The Kier molecular flexibility index (Phi) is 4.80. The molecule has 0 aliphatic rings. The van der Waals surface area contributed by atoms with Crippen LogP contribution in [0, 0.1) is 5.82 Å². The van der Waals surface area contributed by atoms with Gasteiger partial charge in [0, 0.05) is 23.6 Å². The highest BCUT2D eigenvalue weighted by Crippen LogP contribution is 2.27. The Hall–Kier alpha value is -3.08. The summed E-state index contributed by atoms with van der Waals surface area (Å²) in [5, 5.41) is 2.73. The van der Waals surface area contributed by atoms with Crippen molar-refractivity contribution in [3.8, 4) is 11.4 Å². The second-order valence-corrected chi connectivity index (χ2v) is 7.04. The van der Waals surface area contributed by atoms with Crippen molar-refractivity contribution in [2.45, 2.75) is 26.2 Å². The highest BCUT2D eigenvalue weighted by Gasteiger charge is 2.19. The molecule has 0 atom stereocenters. The van der Waals surface area contributed by atoms with Crippen molar-refractivity contribution in [2.75, 3.05) is 5.32 Å². The molecule has 1 amide bonds. The molecule has 0 saturated heterocycles. The number of nitrogens with zero attached hydrogens (tertiary/aromatic N) is 2. The van der Waals surface area contributed by atoms with Crippen LogP contribution < -0.4 is 5.32 Å². The molecule has 0 unspecified atom stereocenters. The minimum absolute atomic E-state index is 0.296. The number of benzene rings is 1. The maximum atomic E-state index is 14.3. The molecule has 3 aromatic rings. The van der Waals surface area contributed by atoms with E-state index in [-0.39, 0.29) is 17.1 Å². The van der Waals surface area contributed by atoms with Gasteiger partial charge in [0.1, 0.15) is 5.82 Å². The van der Waals surface area contributed by atoms with Gasteiger partial charge in [-0.2, -0.15) is 0 Å². The maximum absolute atomic E-state index is 14.3. The lowest BCUT2D eigenvalue weighted by Crippen LogP contribution is -2.15. The lowest BCUT2D eigenvalue weighted by atomic mass is 9.86. The molecule has 1 N–H and O–H groups in total. The first kappa shape index (κ1) is 17.7. The third-order valence-electron chi connectivity index (χ3n) is 3.98. The summed E-state index contributed by atoms with van der Waals surface area (Å²) in [7, 11) is 0.